The molecule has 94 valence electrons. The van der Waals surface area contributed by atoms with Gasteiger partial charge in [0.05, 0.1) is 11.5 Å². The van der Waals surface area contributed by atoms with Gasteiger partial charge >= 0.3 is 0 Å². The maximum atomic E-state index is 9.69. The second kappa shape index (κ2) is 11.5. The Morgan fingerprint density at radius 1 is 1.18 bits per heavy atom. The lowest BCUT2D eigenvalue weighted by atomic mass is 10.1. The minimum Gasteiger partial charge on any atom is -0.391 e. The van der Waals surface area contributed by atoms with Crippen molar-refractivity contribution in [3.63, 3.8) is 0 Å². The van der Waals surface area contributed by atoms with E-state index in [2.05, 4.69) is 31.1 Å². The molecule has 0 radical (unpaired) electrons. The van der Waals surface area contributed by atoms with Crippen LogP contribution in [0.2, 0.25) is 0 Å². The van der Waals surface area contributed by atoms with Crippen LogP contribution in [0, 0.1) is 12.3 Å². The van der Waals surface area contributed by atoms with Gasteiger partial charge in [-0.05, 0) is 31.8 Å². The zero-order valence-corrected chi connectivity index (χ0v) is 11.1. The average molecular weight is 253 g/mol. The van der Waals surface area contributed by atoms with E-state index in [-0.39, 0.29) is 5.38 Å². The zero-order chi connectivity index (χ0) is 12.9. The van der Waals surface area contributed by atoms with Gasteiger partial charge in [-0.3, -0.25) is 0 Å². The number of hydrogen-bond acceptors (Lipinski definition) is 1. The molecule has 2 heteroatoms. The Bertz CT molecular complexity index is 297. The summed E-state index contributed by atoms with van der Waals surface area (Å²) in [6, 6.07) is 0. The van der Waals surface area contributed by atoms with Gasteiger partial charge in [-0.25, -0.2) is 0 Å². The van der Waals surface area contributed by atoms with Crippen LogP contribution in [-0.2, 0) is 0 Å². The highest BCUT2D eigenvalue weighted by atomic mass is 35.5. The maximum absolute atomic E-state index is 9.69. The van der Waals surface area contributed by atoms with Crippen molar-refractivity contribution in [1.29, 1.82) is 0 Å². The van der Waals surface area contributed by atoms with E-state index in [0.29, 0.717) is 12.8 Å². The largest absolute Gasteiger partial charge is 0.391 e. The molecular weight excluding hydrogens is 232 g/mol. The summed E-state index contributed by atoms with van der Waals surface area (Å²) in [5.41, 5.74) is 0. The lowest BCUT2D eigenvalue weighted by Crippen LogP contribution is -2.19. The molecule has 0 spiro atoms. The van der Waals surface area contributed by atoms with Crippen LogP contribution in [0.4, 0.5) is 0 Å². The van der Waals surface area contributed by atoms with Crippen LogP contribution in [0.25, 0.3) is 0 Å². The molecule has 0 saturated heterocycles. The maximum Gasteiger partial charge on any atom is 0.0741 e. The highest BCUT2D eigenvalue weighted by molar-refractivity contribution is 6.21. The number of rotatable bonds is 8. The summed E-state index contributed by atoms with van der Waals surface area (Å²) in [4.78, 5) is 0. The Morgan fingerprint density at radius 2 is 1.88 bits per heavy atom. The SMILES string of the molecule is C#C/C=C/C[C@@H](O)[C@@H](Cl)C/C=C\C/C=C\CC. The highest BCUT2D eigenvalue weighted by Gasteiger charge is 2.12. The van der Waals surface area contributed by atoms with Gasteiger partial charge in [0.25, 0.3) is 0 Å². The predicted octanol–water partition coefficient (Wildman–Crippen LogP) is 3.84. The quantitative estimate of drug-likeness (QED) is 0.395. The fraction of sp³-hybridized carbons (Fsp3) is 0.467. The van der Waals surface area contributed by atoms with E-state index in [1.165, 1.54) is 0 Å². The molecule has 1 nitrogen and oxygen atoms in total. The van der Waals surface area contributed by atoms with Crippen molar-refractivity contribution in [3.8, 4) is 12.3 Å². The monoisotopic (exact) mass is 252 g/mol. The minimum atomic E-state index is -0.544. The van der Waals surface area contributed by atoms with Crippen LogP contribution in [0.15, 0.2) is 36.5 Å². The van der Waals surface area contributed by atoms with E-state index in [1.54, 1.807) is 12.2 Å². The van der Waals surface area contributed by atoms with E-state index in [4.69, 9.17) is 18.0 Å². The zero-order valence-electron chi connectivity index (χ0n) is 10.3. The molecule has 0 bridgehead atoms. The van der Waals surface area contributed by atoms with E-state index in [9.17, 15) is 5.11 Å². The van der Waals surface area contributed by atoms with E-state index in [0.717, 1.165) is 12.8 Å². The molecule has 0 aromatic rings. The van der Waals surface area contributed by atoms with Crippen molar-refractivity contribution >= 4 is 11.6 Å². The van der Waals surface area contributed by atoms with Gasteiger partial charge < -0.3 is 5.11 Å². The third-order valence-corrected chi connectivity index (χ3v) is 2.68. The molecule has 0 saturated carbocycles. The Kier molecular flexibility index (Phi) is 10.9. The molecular formula is C15H21ClO. The smallest absolute Gasteiger partial charge is 0.0741 e. The van der Waals surface area contributed by atoms with Gasteiger partial charge in [0.15, 0.2) is 0 Å². The molecule has 1 N–H and O–H groups in total. The molecule has 0 fully saturated rings. The average Bonchev–Trinajstić information content (AvgIpc) is 2.33. The van der Waals surface area contributed by atoms with Crippen molar-refractivity contribution in [2.75, 3.05) is 0 Å². The number of alkyl halides is 1. The first kappa shape index (κ1) is 16.0. The molecule has 0 aromatic heterocycles. The lowest BCUT2D eigenvalue weighted by Gasteiger charge is -2.12. The summed E-state index contributed by atoms with van der Waals surface area (Å²) in [6.45, 7) is 2.11. The minimum absolute atomic E-state index is 0.260. The number of halogens is 1. The van der Waals surface area contributed by atoms with Gasteiger partial charge in [-0.2, -0.15) is 0 Å². The van der Waals surface area contributed by atoms with Crippen LogP contribution < -0.4 is 0 Å². The van der Waals surface area contributed by atoms with Gasteiger partial charge in [-0.15, -0.1) is 18.0 Å². The second-order valence-electron chi connectivity index (χ2n) is 3.71. The molecule has 17 heavy (non-hydrogen) atoms. The predicted molar refractivity (Wildman–Crippen MR) is 76.0 cm³/mol. The van der Waals surface area contributed by atoms with E-state index >= 15 is 0 Å². The second-order valence-corrected chi connectivity index (χ2v) is 4.27. The molecule has 0 aliphatic heterocycles. The molecule has 0 aliphatic rings. The first-order chi connectivity index (χ1) is 8.22. The molecule has 0 aliphatic carbocycles. The third kappa shape index (κ3) is 9.93. The summed E-state index contributed by atoms with van der Waals surface area (Å²) < 4.78 is 0. The van der Waals surface area contributed by atoms with Crippen LogP contribution in [0.5, 0.6) is 0 Å². The summed E-state index contributed by atoms with van der Waals surface area (Å²) in [5.74, 6) is 2.38. The molecule has 0 amide bonds. The van der Waals surface area contributed by atoms with E-state index < -0.39 is 6.10 Å². The molecule has 0 aromatic carbocycles. The van der Waals surface area contributed by atoms with Gasteiger partial charge in [0, 0.05) is 0 Å². The fourth-order valence-electron chi connectivity index (χ4n) is 1.24. The van der Waals surface area contributed by atoms with Crippen LogP contribution in [-0.4, -0.2) is 16.6 Å². The Morgan fingerprint density at radius 3 is 2.53 bits per heavy atom. The summed E-state index contributed by atoms with van der Waals surface area (Å²) in [6.07, 6.45) is 19.3. The molecule has 0 heterocycles. The van der Waals surface area contributed by atoms with Crippen molar-refractivity contribution in [1.82, 2.24) is 0 Å². The first-order valence-electron chi connectivity index (χ1n) is 5.95. The Balaban J connectivity index is 3.77. The molecule has 2 atom stereocenters. The Labute approximate surface area is 110 Å². The van der Waals surface area contributed by atoms with Crippen molar-refractivity contribution < 1.29 is 5.11 Å². The fourth-order valence-corrected chi connectivity index (χ4v) is 1.45. The summed E-state index contributed by atoms with van der Waals surface area (Å²) in [7, 11) is 0. The third-order valence-electron chi connectivity index (χ3n) is 2.21. The van der Waals surface area contributed by atoms with Gasteiger partial charge in [-0.1, -0.05) is 43.2 Å². The number of aliphatic hydroxyl groups excluding tert-OH is 1. The van der Waals surface area contributed by atoms with Crippen molar-refractivity contribution in [2.24, 2.45) is 0 Å². The number of terminal acetylenes is 1. The van der Waals surface area contributed by atoms with Crippen molar-refractivity contribution in [2.45, 2.75) is 44.1 Å². The van der Waals surface area contributed by atoms with Crippen LogP contribution in [0.3, 0.4) is 0 Å². The lowest BCUT2D eigenvalue weighted by molar-refractivity contribution is 0.172. The van der Waals surface area contributed by atoms with E-state index in [1.807, 2.05) is 6.08 Å². The topological polar surface area (TPSA) is 20.2 Å². The summed E-state index contributed by atoms with van der Waals surface area (Å²) >= 11 is 6.05. The highest BCUT2D eigenvalue weighted by Crippen LogP contribution is 2.12. The van der Waals surface area contributed by atoms with Crippen LogP contribution >= 0.6 is 11.6 Å². The van der Waals surface area contributed by atoms with Crippen LogP contribution in [0.1, 0.15) is 32.6 Å². The normalized spacial score (nSPS) is 15.6. The number of allylic oxidation sites excluding steroid dienone is 5. The van der Waals surface area contributed by atoms with Crippen molar-refractivity contribution in [3.05, 3.63) is 36.5 Å². The first-order valence-corrected chi connectivity index (χ1v) is 6.39. The van der Waals surface area contributed by atoms with Gasteiger partial charge in [0.2, 0.25) is 0 Å². The Hall–Kier alpha value is -0.970. The van der Waals surface area contributed by atoms with Gasteiger partial charge in [0.1, 0.15) is 0 Å². The summed E-state index contributed by atoms with van der Waals surface area (Å²) in [5, 5.41) is 9.43. The standard InChI is InChI=1S/C15H21ClO/c1-3-5-7-8-9-11-12-14(16)15(17)13-10-6-4-2/h2,5-7,9-11,14-15,17H,3,8,12-13H2,1H3/b7-5-,10-6+,11-9-/t14-,15+/m0/s1. The number of hydrogen-bond donors (Lipinski definition) is 1. The molecule has 0 unspecified atom stereocenters. The number of aliphatic hydroxyl groups is 1. The molecule has 0 rings (SSSR count).